The summed E-state index contributed by atoms with van der Waals surface area (Å²) in [6, 6.07) is 3.42. The summed E-state index contributed by atoms with van der Waals surface area (Å²) in [4.78, 5) is 11.5. The molecule has 5 heteroatoms. The lowest BCUT2D eigenvalue weighted by Crippen LogP contribution is -2.44. The number of rotatable bonds is 4. The summed E-state index contributed by atoms with van der Waals surface area (Å²) in [6.07, 6.45) is 2.53. The van der Waals surface area contributed by atoms with Crippen molar-refractivity contribution in [3.63, 3.8) is 0 Å². The van der Waals surface area contributed by atoms with E-state index < -0.39 is 5.60 Å². The summed E-state index contributed by atoms with van der Waals surface area (Å²) in [6.45, 7) is 3.81. The molecule has 0 radical (unpaired) electrons. The average Bonchev–Trinajstić information content (AvgIpc) is 2.78. The van der Waals surface area contributed by atoms with Gasteiger partial charge in [0.15, 0.2) is 0 Å². The fourth-order valence-corrected chi connectivity index (χ4v) is 1.67. The Hall–Kier alpha value is -1.49. The molecule has 0 unspecified atom stereocenters. The minimum atomic E-state index is -1.18. The second-order valence-electron chi connectivity index (χ2n) is 4.90. The molecule has 1 aromatic heterocycles. The van der Waals surface area contributed by atoms with E-state index in [1.54, 1.807) is 19.1 Å². The SMILES string of the molecule is C[C@@H]1C[C@@H]1NC(=O)NC[C@](C)(O)c1ccco1. The van der Waals surface area contributed by atoms with E-state index in [1.165, 1.54) is 6.26 Å². The van der Waals surface area contributed by atoms with Gasteiger partial charge in [0.25, 0.3) is 0 Å². The van der Waals surface area contributed by atoms with Crippen molar-refractivity contribution < 1.29 is 14.3 Å². The fourth-order valence-electron chi connectivity index (χ4n) is 1.67. The van der Waals surface area contributed by atoms with Crippen LogP contribution < -0.4 is 10.6 Å². The Balaban J connectivity index is 1.79. The molecule has 1 aromatic rings. The number of hydrogen-bond donors (Lipinski definition) is 3. The van der Waals surface area contributed by atoms with E-state index in [2.05, 4.69) is 17.6 Å². The molecule has 5 nitrogen and oxygen atoms in total. The van der Waals surface area contributed by atoms with E-state index in [0.29, 0.717) is 11.7 Å². The maximum Gasteiger partial charge on any atom is 0.315 e. The lowest BCUT2D eigenvalue weighted by Gasteiger charge is -2.21. The smallest absolute Gasteiger partial charge is 0.315 e. The van der Waals surface area contributed by atoms with Crippen LogP contribution in [0.25, 0.3) is 0 Å². The Morgan fingerprint density at radius 2 is 2.41 bits per heavy atom. The van der Waals surface area contributed by atoms with Gasteiger partial charge in [0, 0.05) is 6.04 Å². The number of amides is 2. The monoisotopic (exact) mass is 238 g/mol. The van der Waals surface area contributed by atoms with Crippen molar-refractivity contribution in [3.8, 4) is 0 Å². The summed E-state index contributed by atoms with van der Waals surface area (Å²) < 4.78 is 5.12. The van der Waals surface area contributed by atoms with E-state index in [0.717, 1.165) is 6.42 Å². The molecule has 0 saturated heterocycles. The predicted octanol–water partition coefficient (Wildman–Crippen LogP) is 1.19. The minimum Gasteiger partial charge on any atom is -0.466 e. The molecule has 1 heterocycles. The normalized spacial score (nSPS) is 26.1. The highest BCUT2D eigenvalue weighted by molar-refractivity contribution is 5.74. The summed E-state index contributed by atoms with van der Waals surface area (Å²) in [7, 11) is 0. The number of furan rings is 1. The molecular weight excluding hydrogens is 220 g/mol. The van der Waals surface area contributed by atoms with Gasteiger partial charge in [-0.25, -0.2) is 4.79 Å². The van der Waals surface area contributed by atoms with Crippen molar-refractivity contribution >= 4 is 6.03 Å². The zero-order valence-corrected chi connectivity index (χ0v) is 10.1. The Bertz CT molecular complexity index is 386. The van der Waals surface area contributed by atoms with Crippen molar-refractivity contribution in [1.82, 2.24) is 10.6 Å². The van der Waals surface area contributed by atoms with Gasteiger partial charge in [-0.1, -0.05) is 6.92 Å². The number of hydrogen-bond acceptors (Lipinski definition) is 3. The summed E-state index contributed by atoms with van der Waals surface area (Å²) >= 11 is 0. The van der Waals surface area contributed by atoms with Gasteiger partial charge in [0.1, 0.15) is 11.4 Å². The number of nitrogens with one attached hydrogen (secondary N) is 2. The first kappa shape index (κ1) is 12.0. The van der Waals surface area contributed by atoms with Gasteiger partial charge in [-0.15, -0.1) is 0 Å². The quantitative estimate of drug-likeness (QED) is 0.737. The molecule has 0 spiro atoms. The van der Waals surface area contributed by atoms with Crippen LogP contribution >= 0.6 is 0 Å². The van der Waals surface area contributed by atoms with Gasteiger partial charge in [0.05, 0.1) is 12.8 Å². The highest BCUT2D eigenvalue weighted by atomic mass is 16.4. The van der Waals surface area contributed by atoms with Gasteiger partial charge >= 0.3 is 6.03 Å². The van der Waals surface area contributed by atoms with Gasteiger partial charge in [-0.3, -0.25) is 0 Å². The second-order valence-corrected chi connectivity index (χ2v) is 4.90. The predicted molar refractivity (Wildman–Crippen MR) is 62.4 cm³/mol. The third-order valence-corrected chi connectivity index (χ3v) is 3.07. The molecule has 94 valence electrons. The Kier molecular flexibility index (Phi) is 3.11. The molecule has 2 amide bonds. The molecule has 0 bridgehead atoms. The van der Waals surface area contributed by atoms with Crippen LogP contribution in [0, 0.1) is 5.92 Å². The number of carbonyl (C=O) groups is 1. The number of carbonyl (C=O) groups excluding carboxylic acids is 1. The average molecular weight is 238 g/mol. The maximum atomic E-state index is 11.5. The van der Waals surface area contributed by atoms with Crippen molar-refractivity contribution in [2.24, 2.45) is 5.92 Å². The molecule has 3 N–H and O–H groups in total. The summed E-state index contributed by atoms with van der Waals surface area (Å²) in [5.74, 6) is 1.00. The van der Waals surface area contributed by atoms with E-state index in [9.17, 15) is 9.90 Å². The zero-order valence-electron chi connectivity index (χ0n) is 10.1. The van der Waals surface area contributed by atoms with Gasteiger partial charge in [0.2, 0.25) is 0 Å². The van der Waals surface area contributed by atoms with Gasteiger partial charge in [-0.05, 0) is 31.4 Å². The van der Waals surface area contributed by atoms with Crippen LogP contribution in [0.15, 0.2) is 22.8 Å². The highest BCUT2D eigenvalue weighted by Crippen LogP contribution is 2.28. The van der Waals surface area contributed by atoms with Crippen LogP contribution in [0.2, 0.25) is 0 Å². The standard InChI is InChI=1S/C12H18N2O3/c1-8-6-9(8)14-11(15)13-7-12(2,16)10-4-3-5-17-10/h3-5,8-9,16H,6-7H2,1-2H3,(H2,13,14,15)/t8-,9+,12+/m1/s1. The first-order chi connectivity index (χ1) is 7.99. The largest absolute Gasteiger partial charge is 0.466 e. The molecule has 1 aliphatic rings. The van der Waals surface area contributed by atoms with Crippen LogP contribution in [0.4, 0.5) is 4.79 Å². The molecule has 1 saturated carbocycles. The van der Waals surface area contributed by atoms with Crippen molar-refractivity contribution in [2.45, 2.75) is 31.9 Å². The number of aliphatic hydroxyl groups is 1. The molecule has 1 aliphatic carbocycles. The first-order valence-corrected chi connectivity index (χ1v) is 5.80. The van der Waals surface area contributed by atoms with Crippen molar-refractivity contribution in [1.29, 1.82) is 0 Å². The van der Waals surface area contributed by atoms with Crippen molar-refractivity contribution in [3.05, 3.63) is 24.2 Å². The molecule has 2 rings (SSSR count). The molecule has 0 aliphatic heterocycles. The van der Waals surface area contributed by atoms with E-state index >= 15 is 0 Å². The Morgan fingerprint density at radius 3 is 2.94 bits per heavy atom. The van der Waals surface area contributed by atoms with Gasteiger partial charge < -0.3 is 20.2 Å². The van der Waals surface area contributed by atoms with E-state index in [4.69, 9.17) is 4.42 Å². The Morgan fingerprint density at radius 1 is 1.71 bits per heavy atom. The number of urea groups is 1. The van der Waals surface area contributed by atoms with E-state index in [-0.39, 0.29) is 18.6 Å². The summed E-state index contributed by atoms with van der Waals surface area (Å²) in [5, 5.41) is 15.6. The van der Waals surface area contributed by atoms with Crippen LogP contribution in [-0.2, 0) is 5.60 Å². The molecular formula is C12H18N2O3. The van der Waals surface area contributed by atoms with Crippen LogP contribution in [0.3, 0.4) is 0 Å². The topological polar surface area (TPSA) is 74.5 Å². The zero-order chi connectivity index (χ0) is 12.5. The van der Waals surface area contributed by atoms with E-state index in [1.807, 2.05) is 0 Å². The third kappa shape index (κ3) is 3.00. The van der Waals surface area contributed by atoms with Crippen molar-refractivity contribution in [2.75, 3.05) is 6.54 Å². The van der Waals surface area contributed by atoms with Crippen LogP contribution in [0.1, 0.15) is 26.0 Å². The summed E-state index contributed by atoms with van der Waals surface area (Å²) in [5.41, 5.74) is -1.18. The fraction of sp³-hybridized carbons (Fsp3) is 0.583. The second kappa shape index (κ2) is 4.41. The maximum absolute atomic E-state index is 11.5. The lowest BCUT2D eigenvalue weighted by atomic mass is 10.0. The first-order valence-electron chi connectivity index (χ1n) is 5.80. The molecule has 0 aromatic carbocycles. The minimum absolute atomic E-state index is 0.118. The molecule has 17 heavy (non-hydrogen) atoms. The van der Waals surface area contributed by atoms with Crippen LogP contribution in [-0.4, -0.2) is 23.7 Å². The molecule has 3 atom stereocenters. The highest BCUT2D eigenvalue weighted by Gasteiger charge is 2.34. The third-order valence-electron chi connectivity index (χ3n) is 3.07. The van der Waals surface area contributed by atoms with Gasteiger partial charge in [-0.2, -0.15) is 0 Å². The molecule has 1 fully saturated rings. The van der Waals surface area contributed by atoms with Crippen LogP contribution in [0.5, 0.6) is 0 Å². The lowest BCUT2D eigenvalue weighted by molar-refractivity contribution is 0.0367. The Labute approximate surface area is 100 Å².